The summed E-state index contributed by atoms with van der Waals surface area (Å²) in [5.41, 5.74) is 4.10. The Labute approximate surface area is 131 Å². The number of carbonyl (C=O) groups is 1. The molecule has 0 unspecified atom stereocenters. The van der Waals surface area contributed by atoms with Gasteiger partial charge in [-0.05, 0) is 63.9 Å². The number of anilines is 2. The van der Waals surface area contributed by atoms with Crippen LogP contribution in [0.25, 0.3) is 0 Å². The second-order valence-corrected chi connectivity index (χ2v) is 5.85. The summed E-state index contributed by atoms with van der Waals surface area (Å²) in [4.78, 5) is 21.0. The number of benzene rings is 1. The van der Waals surface area contributed by atoms with Crippen LogP contribution in [0.15, 0.2) is 24.3 Å². The van der Waals surface area contributed by atoms with Crippen molar-refractivity contribution in [2.75, 3.05) is 10.6 Å². The lowest BCUT2D eigenvalue weighted by Gasteiger charge is -2.11. The third-order valence-corrected chi connectivity index (χ3v) is 2.98. The molecule has 5 nitrogen and oxygen atoms in total. The Morgan fingerprint density at radius 3 is 2.23 bits per heavy atom. The SMILES string of the molecule is Cc1cc(C)cc(NC(=O)c2cc(C)nc(NC(C)C)n2)c1. The quantitative estimate of drug-likeness (QED) is 0.907. The molecule has 0 atom stereocenters. The number of rotatable bonds is 4. The minimum absolute atomic E-state index is 0.206. The van der Waals surface area contributed by atoms with Gasteiger partial charge in [0, 0.05) is 17.4 Å². The van der Waals surface area contributed by atoms with Gasteiger partial charge in [0.05, 0.1) is 0 Å². The first-order valence-electron chi connectivity index (χ1n) is 7.35. The van der Waals surface area contributed by atoms with Gasteiger partial charge in [-0.25, -0.2) is 9.97 Å². The van der Waals surface area contributed by atoms with Crippen LogP contribution in [0.4, 0.5) is 11.6 Å². The fourth-order valence-corrected chi connectivity index (χ4v) is 2.25. The fourth-order valence-electron chi connectivity index (χ4n) is 2.25. The zero-order chi connectivity index (χ0) is 16.3. The molecule has 0 aliphatic rings. The van der Waals surface area contributed by atoms with Gasteiger partial charge in [0.1, 0.15) is 5.69 Å². The van der Waals surface area contributed by atoms with E-state index in [2.05, 4.69) is 26.7 Å². The van der Waals surface area contributed by atoms with Crippen molar-refractivity contribution in [3.05, 3.63) is 46.8 Å². The summed E-state index contributed by atoms with van der Waals surface area (Å²) < 4.78 is 0. The number of nitrogens with one attached hydrogen (secondary N) is 2. The highest BCUT2D eigenvalue weighted by molar-refractivity contribution is 6.03. The van der Waals surface area contributed by atoms with Crippen molar-refractivity contribution >= 4 is 17.5 Å². The van der Waals surface area contributed by atoms with E-state index in [0.29, 0.717) is 11.6 Å². The molecule has 116 valence electrons. The number of aryl methyl sites for hydroxylation is 3. The molecule has 2 rings (SSSR count). The maximum Gasteiger partial charge on any atom is 0.274 e. The molecule has 2 N–H and O–H groups in total. The largest absolute Gasteiger partial charge is 0.352 e. The number of amides is 1. The van der Waals surface area contributed by atoms with Gasteiger partial charge in [-0.15, -0.1) is 0 Å². The van der Waals surface area contributed by atoms with Crippen LogP contribution in [-0.2, 0) is 0 Å². The molecule has 1 aromatic carbocycles. The Kier molecular flexibility index (Phi) is 4.75. The highest BCUT2D eigenvalue weighted by atomic mass is 16.1. The van der Waals surface area contributed by atoms with Crippen LogP contribution in [-0.4, -0.2) is 21.9 Å². The lowest BCUT2D eigenvalue weighted by atomic mass is 10.1. The van der Waals surface area contributed by atoms with Crippen molar-refractivity contribution in [2.24, 2.45) is 0 Å². The van der Waals surface area contributed by atoms with E-state index in [1.165, 1.54) is 0 Å². The van der Waals surface area contributed by atoms with Crippen molar-refractivity contribution < 1.29 is 4.79 Å². The first-order valence-corrected chi connectivity index (χ1v) is 7.35. The molecular formula is C17H22N4O. The average molecular weight is 298 g/mol. The molecule has 0 aliphatic carbocycles. The van der Waals surface area contributed by atoms with E-state index >= 15 is 0 Å². The Hall–Kier alpha value is -2.43. The van der Waals surface area contributed by atoms with Gasteiger partial charge in [0.15, 0.2) is 0 Å². The predicted molar refractivity (Wildman–Crippen MR) is 89.4 cm³/mol. The summed E-state index contributed by atoms with van der Waals surface area (Å²) in [5.74, 6) is 0.239. The molecule has 0 bridgehead atoms. The normalized spacial score (nSPS) is 10.6. The number of carbonyl (C=O) groups excluding carboxylic acids is 1. The van der Waals surface area contributed by atoms with Crippen LogP contribution < -0.4 is 10.6 Å². The van der Waals surface area contributed by atoms with Gasteiger partial charge < -0.3 is 10.6 Å². The van der Waals surface area contributed by atoms with Crippen molar-refractivity contribution in [3.63, 3.8) is 0 Å². The van der Waals surface area contributed by atoms with Crippen LogP contribution in [0.1, 0.15) is 41.2 Å². The molecule has 0 spiro atoms. The molecule has 0 radical (unpaired) electrons. The lowest BCUT2D eigenvalue weighted by Crippen LogP contribution is -2.18. The third-order valence-electron chi connectivity index (χ3n) is 2.98. The summed E-state index contributed by atoms with van der Waals surface area (Å²) in [6, 6.07) is 7.83. The number of aromatic nitrogens is 2. The first-order chi connectivity index (χ1) is 10.3. The van der Waals surface area contributed by atoms with Crippen LogP contribution in [0, 0.1) is 20.8 Å². The standard InChI is InChI=1S/C17H22N4O/c1-10(2)18-17-19-13(5)9-15(21-17)16(22)20-14-7-11(3)6-12(4)8-14/h6-10H,1-5H3,(H,20,22)(H,18,19,21). The Balaban J connectivity index is 2.23. The second kappa shape index (κ2) is 6.56. The maximum absolute atomic E-state index is 12.4. The van der Waals surface area contributed by atoms with Crippen molar-refractivity contribution in [3.8, 4) is 0 Å². The molecular weight excluding hydrogens is 276 g/mol. The lowest BCUT2D eigenvalue weighted by molar-refractivity contribution is 0.102. The van der Waals surface area contributed by atoms with Crippen LogP contribution in [0.5, 0.6) is 0 Å². The molecule has 0 saturated heterocycles. The molecule has 1 aromatic heterocycles. The van der Waals surface area contributed by atoms with E-state index in [9.17, 15) is 4.79 Å². The zero-order valence-electron chi connectivity index (χ0n) is 13.7. The zero-order valence-corrected chi connectivity index (χ0v) is 13.7. The van der Waals surface area contributed by atoms with E-state index in [1.54, 1.807) is 6.07 Å². The van der Waals surface area contributed by atoms with E-state index in [0.717, 1.165) is 22.5 Å². The molecule has 2 aromatic rings. The Bertz CT molecular complexity index is 675. The molecule has 0 fully saturated rings. The van der Waals surface area contributed by atoms with Gasteiger partial charge in [-0.3, -0.25) is 4.79 Å². The molecule has 5 heteroatoms. The summed E-state index contributed by atoms with van der Waals surface area (Å²) >= 11 is 0. The van der Waals surface area contributed by atoms with E-state index in [4.69, 9.17) is 0 Å². The van der Waals surface area contributed by atoms with Gasteiger partial charge in [0.2, 0.25) is 5.95 Å². The smallest absolute Gasteiger partial charge is 0.274 e. The number of nitrogens with zero attached hydrogens (tertiary/aromatic N) is 2. The Morgan fingerprint density at radius 2 is 1.64 bits per heavy atom. The second-order valence-electron chi connectivity index (χ2n) is 5.85. The van der Waals surface area contributed by atoms with Crippen molar-refractivity contribution in [1.29, 1.82) is 0 Å². The highest BCUT2D eigenvalue weighted by Crippen LogP contribution is 2.15. The van der Waals surface area contributed by atoms with E-state index in [1.807, 2.05) is 46.8 Å². The van der Waals surface area contributed by atoms with Gasteiger partial charge in [-0.2, -0.15) is 0 Å². The summed E-state index contributed by atoms with van der Waals surface area (Å²) in [7, 11) is 0. The van der Waals surface area contributed by atoms with Crippen molar-refractivity contribution in [2.45, 2.75) is 40.7 Å². The third kappa shape index (κ3) is 4.28. The van der Waals surface area contributed by atoms with Gasteiger partial charge in [0.25, 0.3) is 5.91 Å². The average Bonchev–Trinajstić information content (AvgIpc) is 2.35. The maximum atomic E-state index is 12.4. The molecule has 1 amide bonds. The number of hydrogen-bond donors (Lipinski definition) is 2. The van der Waals surface area contributed by atoms with Crippen LogP contribution >= 0.6 is 0 Å². The minimum atomic E-state index is -0.234. The summed E-state index contributed by atoms with van der Waals surface area (Å²) in [5, 5.41) is 6.01. The fraction of sp³-hybridized carbons (Fsp3) is 0.353. The highest BCUT2D eigenvalue weighted by Gasteiger charge is 2.12. The monoisotopic (exact) mass is 298 g/mol. The topological polar surface area (TPSA) is 66.9 Å². The molecule has 1 heterocycles. The Morgan fingerprint density at radius 1 is 1.00 bits per heavy atom. The van der Waals surface area contributed by atoms with Gasteiger partial charge in [-0.1, -0.05) is 6.07 Å². The molecule has 0 saturated carbocycles. The van der Waals surface area contributed by atoms with E-state index < -0.39 is 0 Å². The summed E-state index contributed by atoms with van der Waals surface area (Å²) in [6.07, 6.45) is 0. The van der Waals surface area contributed by atoms with E-state index in [-0.39, 0.29) is 11.9 Å². The van der Waals surface area contributed by atoms with Crippen LogP contribution in [0.2, 0.25) is 0 Å². The van der Waals surface area contributed by atoms with Crippen LogP contribution in [0.3, 0.4) is 0 Å². The number of hydrogen-bond acceptors (Lipinski definition) is 4. The summed E-state index contributed by atoms with van der Waals surface area (Å²) in [6.45, 7) is 9.85. The molecule has 0 aliphatic heterocycles. The van der Waals surface area contributed by atoms with Gasteiger partial charge >= 0.3 is 0 Å². The first kappa shape index (κ1) is 15.9. The molecule has 22 heavy (non-hydrogen) atoms. The minimum Gasteiger partial charge on any atom is -0.352 e. The predicted octanol–water partition coefficient (Wildman–Crippen LogP) is 3.47. The van der Waals surface area contributed by atoms with Crippen molar-refractivity contribution in [1.82, 2.24) is 9.97 Å².